The van der Waals surface area contributed by atoms with E-state index in [9.17, 15) is 0 Å². The van der Waals surface area contributed by atoms with Crippen molar-refractivity contribution in [3.8, 4) is 11.3 Å². The van der Waals surface area contributed by atoms with Gasteiger partial charge in [-0.15, -0.1) is 0 Å². The van der Waals surface area contributed by atoms with Crippen molar-refractivity contribution in [2.45, 2.75) is 13.1 Å². The van der Waals surface area contributed by atoms with Gasteiger partial charge in [0, 0.05) is 42.3 Å². The number of nitrogens with two attached hydrogens (primary N) is 1. The van der Waals surface area contributed by atoms with Crippen molar-refractivity contribution in [1.29, 1.82) is 0 Å². The van der Waals surface area contributed by atoms with E-state index in [1.54, 1.807) is 10.9 Å². The molecule has 23 heavy (non-hydrogen) atoms. The lowest BCUT2D eigenvalue weighted by atomic mass is 10.0. The van der Waals surface area contributed by atoms with Gasteiger partial charge in [0.15, 0.2) is 0 Å². The van der Waals surface area contributed by atoms with Crippen molar-refractivity contribution in [3.63, 3.8) is 0 Å². The van der Waals surface area contributed by atoms with Gasteiger partial charge in [0.05, 0.1) is 29.0 Å². The van der Waals surface area contributed by atoms with Gasteiger partial charge in [-0.2, -0.15) is 10.2 Å². The van der Waals surface area contributed by atoms with E-state index in [-0.39, 0.29) is 0 Å². The Hall–Kier alpha value is -2.31. The number of halogens is 1. The zero-order valence-electron chi connectivity index (χ0n) is 12.8. The summed E-state index contributed by atoms with van der Waals surface area (Å²) >= 11 is 6.46. The smallest absolute Gasteiger partial charge is 0.102 e. The average Bonchev–Trinajstić information content (AvgIpc) is 3.08. The number of rotatable bonds is 2. The summed E-state index contributed by atoms with van der Waals surface area (Å²) in [6, 6.07) is 3.96. The van der Waals surface area contributed by atoms with Gasteiger partial charge in [0.25, 0.3) is 0 Å². The van der Waals surface area contributed by atoms with Gasteiger partial charge in [-0.05, 0) is 12.1 Å². The molecule has 0 fully saturated rings. The average molecular weight is 329 g/mol. The SMILES string of the molecule is C=C(N)c1c(-c2cc(Cl)c3c(cnn3C)c2)nn2c1CNCC2. The van der Waals surface area contributed by atoms with Gasteiger partial charge < -0.3 is 11.1 Å². The Morgan fingerprint density at radius 3 is 3.04 bits per heavy atom. The predicted octanol–water partition coefficient (Wildman–Crippen LogP) is 2.12. The number of aryl methyl sites for hydroxylation is 1. The number of hydrogen-bond acceptors (Lipinski definition) is 4. The van der Waals surface area contributed by atoms with Crippen LogP contribution in [-0.4, -0.2) is 26.1 Å². The Kier molecular flexibility index (Phi) is 3.18. The molecule has 0 bridgehead atoms. The first-order chi connectivity index (χ1) is 11.1. The molecule has 2 aromatic heterocycles. The first kappa shape index (κ1) is 14.3. The first-order valence-electron chi connectivity index (χ1n) is 7.43. The van der Waals surface area contributed by atoms with Gasteiger partial charge in [-0.1, -0.05) is 18.2 Å². The molecule has 7 heteroatoms. The van der Waals surface area contributed by atoms with E-state index < -0.39 is 0 Å². The van der Waals surface area contributed by atoms with Crippen molar-refractivity contribution in [2.75, 3.05) is 6.54 Å². The lowest BCUT2D eigenvalue weighted by Crippen LogP contribution is -2.29. The van der Waals surface area contributed by atoms with Crippen molar-refractivity contribution in [2.24, 2.45) is 12.8 Å². The minimum atomic E-state index is 0.521. The summed E-state index contributed by atoms with van der Waals surface area (Å²) < 4.78 is 3.77. The van der Waals surface area contributed by atoms with Crippen LogP contribution in [-0.2, 0) is 20.1 Å². The molecule has 0 saturated carbocycles. The first-order valence-corrected chi connectivity index (χ1v) is 7.81. The largest absolute Gasteiger partial charge is 0.399 e. The fourth-order valence-corrected chi connectivity index (χ4v) is 3.55. The maximum Gasteiger partial charge on any atom is 0.102 e. The van der Waals surface area contributed by atoms with Crippen LogP contribution in [0.1, 0.15) is 11.3 Å². The molecule has 1 aliphatic heterocycles. The molecule has 0 spiro atoms. The van der Waals surface area contributed by atoms with Crippen LogP contribution in [0.25, 0.3) is 27.9 Å². The van der Waals surface area contributed by atoms with E-state index in [0.29, 0.717) is 10.7 Å². The van der Waals surface area contributed by atoms with Gasteiger partial charge in [-0.3, -0.25) is 9.36 Å². The second-order valence-corrected chi connectivity index (χ2v) is 6.17. The number of fused-ring (bicyclic) bond motifs is 2. The Morgan fingerprint density at radius 1 is 1.43 bits per heavy atom. The molecule has 0 unspecified atom stereocenters. The molecule has 118 valence electrons. The predicted molar refractivity (Wildman–Crippen MR) is 91.9 cm³/mol. The van der Waals surface area contributed by atoms with Gasteiger partial charge in [-0.25, -0.2) is 0 Å². The molecule has 1 aliphatic rings. The number of hydrogen-bond donors (Lipinski definition) is 2. The van der Waals surface area contributed by atoms with Crippen LogP contribution in [0.4, 0.5) is 0 Å². The highest BCUT2D eigenvalue weighted by Gasteiger charge is 2.23. The Morgan fingerprint density at radius 2 is 2.26 bits per heavy atom. The fraction of sp³-hybridized carbons (Fsp3) is 0.250. The van der Waals surface area contributed by atoms with Crippen LogP contribution in [0.3, 0.4) is 0 Å². The minimum absolute atomic E-state index is 0.521. The molecule has 1 aromatic carbocycles. The van der Waals surface area contributed by atoms with Crippen LogP contribution in [0, 0.1) is 0 Å². The second kappa shape index (κ2) is 5.11. The number of aromatic nitrogens is 4. The molecule has 6 nitrogen and oxygen atoms in total. The van der Waals surface area contributed by atoms with Crippen LogP contribution in [0.15, 0.2) is 24.9 Å². The van der Waals surface area contributed by atoms with Crippen LogP contribution in [0.2, 0.25) is 5.02 Å². The van der Waals surface area contributed by atoms with Crippen molar-refractivity contribution >= 4 is 28.2 Å². The summed E-state index contributed by atoms with van der Waals surface area (Å²) in [6.45, 7) is 6.38. The molecule has 0 saturated heterocycles. The third kappa shape index (κ3) is 2.14. The maximum absolute atomic E-state index is 6.46. The molecular formula is C16H17ClN6. The van der Waals surface area contributed by atoms with Crippen molar-refractivity contribution in [3.05, 3.63) is 41.2 Å². The van der Waals surface area contributed by atoms with Crippen molar-refractivity contribution in [1.82, 2.24) is 24.9 Å². The van der Waals surface area contributed by atoms with Crippen LogP contribution < -0.4 is 11.1 Å². The van der Waals surface area contributed by atoms with Gasteiger partial charge in [0.2, 0.25) is 0 Å². The van der Waals surface area contributed by atoms with Crippen LogP contribution >= 0.6 is 11.6 Å². The number of nitrogens with zero attached hydrogens (tertiary/aromatic N) is 4. The van der Waals surface area contributed by atoms with Gasteiger partial charge in [0.1, 0.15) is 5.69 Å². The summed E-state index contributed by atoms with van der Waals surface area (Å²) in [7, 11) is 1.88. The van der Waals surface area contributed by atoms with E-state index in [1.807, 2.05) is 23.9 Å². The topological polar surface area (TPSA) is 73.7 Å². The van der Waals surface area contributed by atoms with Crippen LogP contribution in [0.5, 0.6) is 0 Å². The molecule has 0 aliphatic carbocycles. The Balaban J connectivity index is 1.97. The lowest BCUT2D eigenvalue weighted by Gasteiger charge is -2.15. The quantitative estimate of drug-likeness (QED) is 0.755. The fourth-order valence-electron chi connectivity index (χ4n) is 3.20. The normalized spacial score (nSPS) is 14.2. The van der Waals surface area contributed by atoms with E-state index >= 15 is 0 Å². The van der Waals surface area contributed by atoms with Crippen molar-refractivity contribution < 1.29 is 0 Å². The standard InChI is InChI=1S/C16H17ClN6/c1-9(18)14-13-8-19-3-4-23(13)21-15(14)10-5-11-7-20-22(2)16(11)12(17)6-10/h5-7,19H,1,3-4,8,18H2,2H3. The molecule has 3 heterocycles. The summed E-state index contributed by atoms with van der Waals surface area (Å²) in [5.74, 6) is 0. The molecule has 3 aromatic rings. The Bertz CT molecular complexity index is 936. The molecule has 0 atom stereocenters. The Labute approximate surface area is 138 Å². The molecule has 0 amide bonds. The molecule has 3 N–H and O–H groups in total. The van der Waals surface area contributed by atoms with E-state index in [0.717, 1.165) is 53.1 Å². The minimum Gasteiger partial charge on any atom is -0.399 e. The highest BCUT2D eigenvalue weighted by atomic mass is 35.5. The molecule has 4 rings (SSSR count). The van der Waals surface area contributed by atoms with Gasteiger partial charge >= 0.3 is 0 Å². The zero-order chi connectivity index (χ0) is 16.1. The highest BCUT2D eigenvalue weighted by Crippen LogP contribution is 2.34. The summed E-state index contributed by atoms with van der Waals surface area (Å²) in [5.41, 5.74) is 11.2. The third-order valence-corrected chi connectivity index (χ3v) is 4.52. The number of nitrogens with one attached hydrogen (secondary N) is 1. The molecule has 0 radical (unpaired) electrons. The zero-order valence-corrected chi connectivity index (χ0v) is 13.6. The number of benzene rings is 1. The van der Waals surface area contributed by atoms with E-state index in [2.05, 4.69) is 17.0 Å². The maximum atomic E-state index is 6.46. The second-order valence-electron chi connectivity index (χ2n) is 5.76. The lowest BCUT2D eigenvalue weighted by molar-refractivity contribution is 0.476. The third-order valence-electron chi connectivity index (χ3n) is 4.23. The summed E-state index contributed by atoms with van der Waals surface area (Å²) in [6.07, 6.45) is 1.80. The summed E-state index contributed by atoms with van der Waals surface area (Å²) in [4.78, 5) is 0. The van der Waals surface area contributed by atoms with E-state index in [1.165, 1.54) is 0 Å². The highest BCUT2D eigenvalue weighted by molar-refractivity contribution is 6.35. The monoisotopic (exact) mass is 328 g/mol. The molecular weight excluding hydrogens is 312 g/mol. The summed E-state index contributed by atoms with van der Waals surface area (Å²) in [5, 5.41) is 14.0. The van der Waals surface area contributed by atoms with E-state index in [4.69, 9.17) is 22.4 Å².